The molecule has 0 radical (unpaired) electrons. The van der Waals surface area contributed by atoms with Gasteiger partial charge in [0.05, 0.1) is 0 Å². The predicted octanol–water partition coefficient (Wildman–Crippen LogP) is 6.59. The molecule has 0 aromatic heterocycles. The molecule has 0 fully saturated rings. The van der Waals surface area contributed by atoms with Crippen molar-refractivity contribution in [2.24, 2.45) is 5.92 Å². The zero-order valence-corrected chi connectivity index (χ0v) is 30.0. The van der Waals surface area contributed by atoms with Gasteiger partial charge in [0.15, 0.2) is 0 Å². The number of hydrogen-bond acceptors (Lipinski definition) is 6. The van der Waals surface area contributed by atoms with Gasteiger partial charge in [-0.2, -0.15) is 0 Å². The Morgan fingerprint density at radius 3 is 1.72 bits per heavy atom. The summed E-state index contributed by atoms with van der Waals surface area (Å²) in [5, 5.41) is 5.73. The molecule has 3 amide bonds. The minimum atomic E-state index is -1.14. The number of hydrogen-bond donors (Lipinski definition) is 2. The summed E-state index contributed by atoms with van der Waals surface area (Å²) in [5.41, 5.74) is 0.651. The molecule has 0 aliphatic rings. The van der Waals surface area contributed by atoms with Gasteiger partial charge in [-0.3, -0.25) is 9.59 Å². The van der Waals surface area contributed by atoms with Gasteiger partial charge in [-0.1, -0.05) is 62.4 Å². The third kappa shape index (κ3) is 11.2. The van der Waals surface area contributed by atoms with Crippen molar-refractivity contribution in [3.63, 3.8) is 0 Å². The van der Waals surface area contributed by atoms with Crippen molar-refractivity contribution in [3.8, 4) is 0 Å². The van der Waals surface area contributed by atoms with Crippen LogP contribution < -0.4 is 10.6 Å². The average Bonchev–Trinajstić information content (AvgIpc) is 2.88. The smallest absolute Gasteiger partial charge is 0.408 e. The van der Waals surface area contributed by atoms with Gasteiger partial charge in [-0.05, 0) is 104 Å². The van der Waals surface area contributed by atoms with Gasteiger partial charge < -0.3 is 25.0 Å². The lowest BCUT2D eigenvalue weighted by Gasteiger charge is -2.44. The molecule has 0 saturated carbocycles. The zero-order valence-electron chi connectivity index (χ0n) is 30.0. The molecule has 2 aromatic carbocycles. The highest BCUT2D eigenvalue weighted by molar-refractivity contribution is 5.95. The summed E-state index contributed by atoms with van der Waals surface area (Å²) in [5.74, 6) is -1.90. The number of esters is 1. The first-order chi connectivity index (χ1) is 21.0. The van der Waals surface area contributed by atoms with E-state index in [0.717, 1.165) is 16.7 Å². The first kappa shape index (κ1) is 38.3. The van der Waals surface area contributed by atoms with Crippen molar-refractivity contribution in [1.82, 2.24) is 15.5 Å². The van der Waals surface area contributed by atoms with Crippen molar-refractivity contribution < 1.29 is 28.7 Å². The van der Waals surface area contributed by atoms with Gasteiger partial charge in [0.25, 0.3) is 0 Å². The quantitative estimate of drug-likeness (QED) is 0.284. The average molecular weight is 638 g/mol. The van der Waals surface area contributed by atoms with Crippen LogP contribution in [-0.2, 0) is 30.3 Å². The maximum Gasteiger partial charge on any atom is 0.408 e. The van der Waals surface area contributed by atoms with Crippen LogP contribution in [0.15, 0.2) is 48.5 Å². The van der Waals surface area contributed by atoms with Gasteiger partial charge >= 0.3 is 12.1 Å². The Morgan fingerprint density at radius 2 is 1.26 bits per heavy atom. The van der Waals surface area contributed by atoms with Gasteiger partial charge in [-0.25, -0.2) is 9.59 Å². The summed E-state index contributed by atoms with van der Waals surface area (Å²) in [7, 11) is 0. The number of amides is 3. The highest BCUT2D eigenvalue weighted by Gasteiger charge is 2.44. The minimum Gasteiger partial charge on any atom is -0.458 e. The fraction of sp³-hybridized carbons (Fsp3) is 0.568. The van der Waals surface area contributed by atoms with Crippen LogP contribution in [0, 0.1) is 19.8 Å². The molecule has 0 aliphatic heterocycles. The lowest BCUT2D eigenvalue weighted by atomic mass is 9.89. The van der Waals surface area contributed by atoms with Crippen molar-refractivity contribution in [3.05, 3.63) is 70.8 Å². The van der Waals surface area contributed by atoms with E-state index < -0.39 is 58.7 Å². The maximum absolute atomic E-state index is 14.7. The third-order valence-corrected chi connectivity index (χ3v) is 7.18. The monoisotopic (exact) mass is 637 g/mol. The molecule has 0 aliphatic carbocycles. The molecule has 2 aromatic rings. The fourth-order valence-corrected chi connectivity index (χ4v) is 5.25. The van der Waals surface area contributed by atoms with E-state index in [4.69, 9.17) is 9.47 Å². The van der Waals surface area contributed by atoms with E-state index in [1.165, 1.54) is 4.90 Å². The second-order valence-corrected chi connectivity index (χ2v) is 15.2. The van der Waals surface area contributed by atoms with Gasteiger partial charge in [-0.15, -0.1) is 0 Å². The van der Waals surface area contributed by atoms with Crippen molar-refractivity contribution in [1.29, 1.82) is 0 Å². The summed E-state index contributed by atoms with van der Waals surface area (Å²) in [6, 6.07) is 11.9. The lowest BCUT2D eigenvalue weighted by molar-refractivity contribution is -0.159. The zero-order chi connectivity index (χ0) is 35.2. The summed E-state index contributed by atoms with van der Waals surface area (Å²) >= 11 is 0. The first-order valence-corrected chi connectivity index (χ1v) is 16.0. The van der Waals surface area contributed by atoms with Crippen LogP contribution in [0.4, 0.5) is 4.79 Å². The molecule has 9 heteroatoms. The van der Waals surface area contributed by atoms with Crippen molar-refractivity contribution >= 4 is 23.9 Å². The molecule has 0 spiro atoms. The summed E-state index contributed by atoms with van der Waals surface area (Å²) in [6.07, 6.45) is -0.534. The first-order valence-electron chi connectivity index (χ1n) is 16.0. The maximum atomic E-state index is 14.7. The van der Waals surface area contributed by atoms with Crippen LogP contribution in [0.5, 0.6) is 0 Å². The van der Waals surface area contributed by atoms with E-state index in [1.54, 1.807) is 41.5 Å². The van der Waals surface area contributed by atoms with Crippen LogP contribution in [0.25, 0.3) is 0 Å². The Morgan fingerprint density at radius 1 is 0.739 bits per heavy atom. The SMILES string of the molecule is Cc1cccc(C)c1C(C(=O)NC(Cc1ccccc1)C(=O)OC(C)(C)C)N(C(=O)C(NC(=O)OC(C)(C)C)C(C)C)C(C)(C)C. The van der Waals surface area contributed by atoms with Crippen LogP contribution in [0.2, 0.25) is 0 Å². The van der Waals surface area contributed by atoms with E-state index in [0.29, 0.717) is 5.56 Å². The highest BCUT2D eigenvalue weighted by atomic mass is 16.6. The van der Waals surface area contributed by atoms with Gasteiger partial charge in [0.1, 0.15) is 29.3 Å². The second-order valence-electron chi connectivity index (χ2n) is 15.2. The number of nitrogens with one attached hydrogen (secondary N) is 2. The van der Waals surface area contributed by atoms with Gasteiger partial charge in [0.2, 0.25) is 11.8 Å². The fourth-order valence-electron chi connectivity index (χ4n) is 5.25. The molecule has 0 saturated heterocycles. The molecular weight excluding hydrogens is 582 g/mol. The molecule has 2 N–H and O–H groups in total. The number of nitrogens with zero attached hydrogens (tertiary/aromatic N) is 1. The highest BCUT2D eigenvalue weighted by Crippen LogP contribution is 2.34. The Balaban J connectivity index is 2.71. The Bertz CT molecular complexity index is 1350. The molecule has 0 heterocycles. The topological polar surface area (TPSA) is 114 Å². The Kier molecular flexibility index (Phi) is 12.6. The molecule has 254 valence electrons. The minimum absolute atomic E-state index is 0.194. The van der Waals surface area contributed by atoms with Crippen LogP contribution in [0.1, 0.15) is 104 Å². The number of rotatable bonds is 10. The molecular formula is C37H55N3O6. The number of benzene rings is 2. The van der Waals surface area contributed by atoms with Crippen LogP contribution >= 0.6 is 0 Å². The number of carbonyl (C=O) groups is 4. The third-order valence-electron chi connectivity index (χ3n) is 7.18. The molecule has 0 bridgehead atoms. The predicted molar refractivity (Wildman–Crippen MR) is 181 cm³/mol. The van der Waals surface area contributed by atoms with Gasteiger partial charge in [0, 0.05) is 12.0 Å². The van der Waals surface area contributed by atoms with E-state index in [2.05, 4.69) is 10.6 Å². The van der Waals surface area contributed by atoms with Crippen LogP contribution in [0.3, 0.4) is 0 Å². The molecule has 3 atom stereocenters. The standard InChI is InChI=1S/C37H55N3O6/c1-23(2)29(39-34(44)46-37(11,12)13)32(42)40(35(5,6)7)30(28-24(3)18-17-19-25(28)4)31(41)38-27(33(43)45-36(8,9)10)22-26-20-15-14-16-21-26/h14-21,23,27,29-30H,22H2,1-13H3,(H,38,41)(H,39,44). The normalized spacial score (nSPS) is 14.1. The van der Waals surface area contributed by atoms with Crippen molar-refractivity contribution in [2.75, 3.05) is 0 Å². The van der Waals surface area contributed by atoms with E-state index >= 15 is 0 Å². The summed E-state index contributed by atoms with van der Waals surface area (Å²) < 4.78 is 11.2. The molecule has 2 rings (SSSR count). The lowest BCUT2D eigenvalue weighted by Crippen LogP contribution is -2.61. The summed E-state index contributed by atoms with van der Waals surface area (Å²) in [6.45, 7) is 23.5. The second kappa shape index (κ2) is 15.1. The Labute approximate surface area is 275 Å². The van der Waals surface area contributed by atoms with Crippen LogP contribution in [-0.4, -0.2) is 57.6 Å². The number of carbonyl (C=O) groups excluding carboxylic acids is 4. The Hall–Kier alpha value is -3.88. The van der Waals surface area contributed by atoms with E-state index in [-0.39, 0.29) is 12.3 Å². The largest absolute Gasteiger partial charge is 0.458 e. The number of alkyl carbamates (subject to hydrolysis) is 1. The molecule has 9 nitrogen and oxygen atoms in total. The number of aryl methyl sites for hydroxylation is 2. The summed E-state index contributed by atoms with van der Waals surface area (Å²) in [4.78, 5) is 57.3. The molecule has 3 unspecified atom stereocenters. The number of ether oxygens (including phenoxy) is 2. The van der Waals surface area contributed by atoms with E-state index in [1.807, 2.05) is 97.0 Å². The van der Waals surface area contributed by atoms with E-state index in [9.17, 15) is 19.2 Å². The molecule has 46 heavy (non-hydrogen) atoms. The van der Waals surface area contributed by atoms with Crippen molar-refractivity contribution in [2.45, 2.75) is 131 Å².